The Morgan fingerprint density at radius 1 is 0.946 bits per heavy atom. The zero-order valence-corrected chi connectivity index (χ0v) is 20.5. The molecule has 0 amide bonds. The molecule has 9 heteroatoms. The van der Waals surface area contributed by atoms with Gasteiger partial charge >= 0.3 is 5.97 Å². The minimum absolute atomic E-state index is 0.186. The molecule has 0 saturated carbocycles. The van der Waals surface area contributed by atoms with E-state index in [0.717, 1.165) is 9.86 Å². The van der Waals surface area contributed by atoms with Crippen LogP contribution < -0.4 is 5.56 Å². The summed E-state index contributed by atoms with van der Waals surface area (Å²) in [7, 11) is 0. The van der Waals surface area contributed by atoms with E-state index < -0.39 is 5.97 Å². The van der Waals surface area contributed by atoms with Crippen LogP contribution in [-0.2, 0) is 0 Å². The number of hydrogen-bond acceptors (Lipinski definition) is 6. The van der Waals surface area contributed by atoms with Crippen molar-refractivity contribution in [2.45, 2.75) is 0 Å². The third kappa shape index (κ3) is 4.25. The average Bonchev–Trinajstić information content (AvgIpc) is 3.55. The molecule has 0 unspecified atom stereocenters. The van der Waals surface area contributed by atoms with Gasteiger partial charge in [0.05, 0.1) is 22.7 Å². The Bertz CT molecular complexity index is 1900. The second-order valence-electron chi connectivity index (χ2n) is 8.19. The van der Waals surface area contributed by atoms with Crippen molar-refractivity contribution in [3.8, 4) is 22.9 Å². The van der Waals surface area contributed by atoms with Crippen LogP contribution in [0.1, 0.15) is 16.1 Å². The number of furan rings is 2. The Balaban J connectivity index is 1.42. The number of benzene rings is 3. The number of nitrogens with zero attached hydrogens (tertiary/aromatic N) is 3. The number of fused-ring (bicyclic) bond motifs is 2. The van der Waals surface area contributed by atoms with Gasteiger partial charge in [-0.2, -0.15) is 9.78 Å². The van der Waals surface area contributed by atoms with E-state index in [-0.39, 0.29) is 16.9 Å². The maximum absolute atomic E-state index is 13.4. The summed E-state index contributed by atoms with van der Waals surface area (Å²) in [5.74, 6) is 0.582. The van der Waals surface area contributed by atoms with Crippen LogP contribution in [0.15, 0.2) is 108 Å². The quantitative estimate of drug-likeness (QED) is 0.247. The smallest absolute Gasteiger partial charge is 0.335 e. The summed E-state index contributed by atoms with van der Waals surface area (Å²) < 4.78 is 14.0. The average molecular weight is 554 g/mol. The maximum atomic E-state index is 13.4. The molecule has 0 atom stereocenters. The molecule has 0 aliphatic carbocycles. The first kappa shape index (κ1) is 22.7. The molecule has 6 aromatic rings. The van der Waals surface area contributed by atoms with Crippen molar-refractivity contribution in [3.63, 3.8) is 0 Å². The molecule has 8 nitrogen and oxygen atoms in total. The molecule has 37 heavy (non-hydrogen) atoms. The van der Waals surface area contributed by atoms with Crippen LogP contribution in [0.4, 0.5) is 0 Å². The molecular weight excluding hydrogens is 538 g/mol. The van der Waals surface area contributed by atoms with Crippen LogP contribution in [0.5, 0.6) is 0 Å². The Morgan fingerprint density at radius 2 is 1.76 bits per heavy atom. The Labute approximate surface area is 217 Å². The second-order valence-corrected chi connectivity index (χ2v) is 9.11. The van der Waals surface area contributed by atoms with Crippen molar-refractivity contribution in [2.24, 2.45) is 5.10 Å². The molecule has 3 heterocycles. The fourth-order valence-electron chi connectivity index (χ4n) is 3.98. The standard InChI is InChI=1S/C28H16BrN3O5/c29-19-9-11-24-18(13-19)14-25(37-24)26-31-22-4-2-1-3-21(22)27(33)32(26)30-15-20-10-12-23(36-20)16-5-7-17(8-6-16)28(34)35/h1-15H,(H,34,35). The van der Waals surface area contributed by atoms with Gasteiger partial charge in [0.25, 0.3) is 5.56 Å². The van der Waals surface area contributed by atoms with E-state index in [1.807, 2.05) is 30.3 Å². The molecule has 180 valence electrons. The van der Waals surface area contributed by atoms with Gasteiger partial charge in [-0.25, -0.2) is 9.78 Å². The second kappa shape index (κ2) is 9.03. The summed E-state index contributed by atoms with van der Waals surface area (Å²) in [6, 6.07) is 24.3. The van der Waals surface area contributed by atoms with E-state index in [9.17, 15) is 9.59 Å². The lowest BCUT2D eigenvalue weighted by atomic mass is 10.1. The van der Waals surface area contributed by atoms with Crippen LogP contribution in [0.2, 0.25) is 0 Å². The van der Waals surface area contributed by atoms with Gasteiger partial charge in [0, 0.05) is 15.4 Å². The Kier molecular flexibility index (Phi) is 5.54. The maximum Gasteiger partial charge on any atom is 0.335 e. The zero-order valence-electron chi connectivity index (χ0n) is 19.0. The van der Waals surface area contributed by atoms with Crippen molar-refractivity contribution < 1.29 is 18.7 Å². The molecule has 1 N–H and O–H groups in total. The number of aromatic carboxylic acids is 1. The lowest BCUT2D eigenvalue weighted by molar-refractivity contribution is 0.0697. The highest BCUT2D eigenvalue weighted by Gasteiger charge is 2.17. The first-order valence-electron chi connectivity index (χ1n) is 11.2. The van der Waals surface area contributed by atoms with Crippen molar-refractivity contribution in [3.05, 3.63) is 111 Å². The molecule has 0 spiro atoms. The van der Waals surface area contributed by atoms with Crippen LogP contribution in [0.3, 0.4) is 0 Å². The van der Waals surface area contributed by atoms with Crippen molar-refractivity contribution in [2.75, 3.05) is 0 Å². The van der Waals surface area contributed by atoms with Crippen molar-refractivity contribution in [1.29, 1.82) is 0 Å². The predicted octanol–water partition coefficient (Wildman–Crippen LogP) is 6.41. The number of hydrogen-bond donors (Lipinski definition) is 1. The lowest BCUT2D eigenvalue weighted by Crippen LogP contribution is -2.20. The first-order chi connectivity index (χ1) is 18.0. The molecule has 0 radical (unpaired) electrons. The molecule has 3 aromatic carbocycles. The van der Waals surface area contributed by atoms with E-state index in [1.165, 1.54) is 23.0 Å². The van der Waals surface area contributed by atoms with Gasteiger partial charge in [-0.1, -0.05) is 40.2 Å². The van der Waals surface area contributed by atoms with Crippen LogP contribution >= 0.6 is 15.9 Å². The normalized spacial score (nSPS) is 11.6. The fourth-order valence-corrected chi connectivity index (χ4v) is 4.36. The number of rotatable bonds is 5. The molecule has 0 fully saturated rings. The van der Waals surface area contributed by atoms with E-state index >= 15 is 0 Å². The van der Waals surface area contributed by atoms with E-state index in [2.05, 4.69) is 26.0 Å². The molecule has 6 rings (SSSR count). The molecule has 0 saturated heterocycles. The van der Waals surface area contributed by atoms with Gasteiger partial charge in [-0.3, -0.25) is 4.79 Å². The number of carbonyl (C=O) groups is 1. The van der Waals surface area contributed by atoms with Crippen LogP contribution in [-0.4, -0.2) is 27.0 Å². The molecule has 0 bridgehead atoms. The third-order valence-electron chi connectivity index (χ3n) is 5.80. The minimum Gasteiger partial charge on any atom is -0.478 e. The highest BCUT2D eigenvalue weighted by atomic mass is 79.9. The number of carboxylic acid groups (broad SMARTS) is 1. The minimum atomic E-state index is -0.999. The van der Waals surface area contributed by atoms with Crippen LogP contribution in [0.25, 0.3) is 44.8 Å². The first-order valence-corrected chi connectivity index (χ1v) is 11.9. The Morgan fingerprint density at radius 3 is 2.57 bits per heavy atom. The van der Waals surface area contributed by atoms with E-state index in [0.29, 0.717) is 39.3 Å². The van der Waals surface area contributed by atoms with Crippen LogP contribution in [0, 0.1) is 0 Å². The number of carboxylic acids is 1. The van der Waals surface area contributed by atoms with Gasteiger partial charge in [-0.05, 0) is 60.7 Å². The van der Waals surface area contributed by atoms with Gasteiger partial charge in [0.1, 0.15) is 17.1 Å². The highest BCUT2D eigenvalue weighted by Crippen LogP contribution is 2.29. The monoisotopic (exact) mass is 553 g/mol. The van der Waals surface area contributed by atoms with Gasteiger partial charge in [0.2, 0.25) is 5.82 Å². The topological polar surface area (TPSA) is 111 Å². The number of halogens is 1. The summed E-state index contributed by atoms with van der Waals surface area (Å²) in [6.07, 6.45) is 1.43. The number of aromatic nitrogens is 2. The third-order valence-corrected chi connectivity index (χ3v) is 6.29. The summed E-state index contributed by atoms with van der Waals surface area (Å²) in [6.45, 7) is 0. The van der Waals surface area contributed by atoms with Crippen molar-refractivity contribution in [1.82, 2.24) is 9.66 Å². The highest BCUT2D eigenvalue weighted by molar-refractivity contribution is 9.10. The SMILES string of the molecule is O=C(O)c1ccc(-c2ccc(C=Nn3c(-c4cc5cc(Br)ccc5o4)nc4ccccc4c3=O)o2)cc1. The largest absolute Gasteiger partial charge is 0.478 e. The number of para-hydroxylation sites is 1. The summed E-state index contributed by atoms with van der Waals surface area (Å²) in [4.78, 5) is 29.2. The summed E-state index contributed by atoms with van der Waals surface area (Å²) in [5, 5.41) is 14.8. The van der Waals surface area contributed by atoms with E-state index in [1.54, 1.807) is 42.5 Å². The molecule has 0 aliphatic rings. The zero-order chi connectivity index (χ0) is 25.5. The fraction of sp³-hybridized carbons (Fsp3) is 0. The lowest BCUT2D eigenvalue weighted by Gasteiger charge is -2.06. The van der Waals surface area contributed by atoms with Gasteiger partial charge < -0.3 is 13.9 Å². The van der Waals surface area contributed by atoms with E-state index in [4.69, 9.17) is 13.9 Å². The van der Waals surface area contributed by atoms with Gasteiger partial charge in [0.15, 0.2) is 5.76 Å². The molecule has 3 aromatic heterocycles. The Hall–Kier alpha value is -4.76. The molecule has 0 aliphatic heterocycles. The predicted molar refractivity (Wildman–Crippen MR) is 143 cm³/mol. The molecular formula is C28H16BrN3O5. The van der Waals surface area contributed by atoms with Crippen molar-refractivity contribution >= 4 is 50.0 Å². The summed E-state index contributed by atoms with van der Waals surface area (Å²) >= 11 is 3.46. The van der Waals surface area contributed by atoms with Gasteiger partial charge in [-0.15, -0.1) is 0 Å². The summed E-state index contributed by atoms with van der Waals surface area (Å²) in [5.41, 5.74) is 1.73.